The quantitative estimate of drug-likeness (QED) is 0.618. The van der Waals surface area contributed by atoms with Gasteiger partial charge in [0.1, 0.15) is 6.54 Å². The minimum atomic E-state index is -1.12. The third-order valence-electron chi connectivity index (χ3n) is 2.61. The van der Waals surface area contributed by atoms with E-state index in [1.165, 1.54) is 0 Å². The van der Waals surface area contributed by atoms with Gasteiger partial charge in [-0.2, -0.15) is 11.8 Å². The normalized spacial score (nSPS) is 18.2. The summed E-state index contributed by atoms with van der Waals surface area (Å²) >= 11 is 1.80. The van der Waals surface area contributed by atoms with Gasteiger partial charge in [0.05, 0.1) is 6.54 Å². The van der Waals surface area contributed by atoms with E-state index in [2.05, 4.69) is 10.6 Å². The minimum Gasteiger partial charge on any atom is -0.480 e. The summed E-state index contributed by atoms with van der Waals surface area (Å²) in [6.07, 6.45) is 0.958. The fraction of sp³-hybridized carbons (Fsp3) is 0.700. The number of hydrogen-bond donors (Lipinski definition) is 3. The Bertz CT molecular complexity index is 331. The molecular weight excluding hydrogens is 258 g/mol. The lowest BCUT2D eigenvalue weighted by Gasteiger charge is -2.23. The summed E-state index contributed by atoms with van der Waals surface area (Å²) in [7, 11) is 1.70. The van der Waals surface area contributed by atoms with E-state index in [1.807, 2.05) is 0 Å². The first-order valence-electron chi connectivity index (χ1n) is 5.57. The number of carboxylic acids is 1. The molecular formula is C10H17N3O4S. The van der Waals surface area contributed by atoms with Gasteiger partial charge in [0.2, 0.25) is 5.91 Å². The Morgan fingerprint density at radius 3 is 2.61 bits per heavy atom. The summed E-state index contributed by atoms with van der Waals surface area (Å²) < 4.78 is 0. The lowest BCUT2D eigenvalue weighted by molar-refractivity contribution is -0.137. The molecule has 1 aliphatic heterocycles. The maximum Gasteiger partial charge on any atom is 0.322 e. The summed E-state index contributed by atoms with van der Waals surface area (Å²) in [6.45, 7) is -0.653. The van der Waals surface area contributed by atoms with Gasteiger partial charge >= 0.3 is 12.0 Å². The van der Waals surface area contributed by atoms with Gasteiger partial charge in [-0.05, 0) is 12.2 Å². The molecule has 1 aliphatic rings. The van der Waals surface area contributed by atoms with Crippen molar-refractivity contribution in [2.24, 2.45) is 0 Å². The molecule has 1 unspecified atom stereocenters. The van der Waals surface area contributed by atoms with Crippen molar-refractivity contribution < 1.29 is 19.5 Å². The van der Waals surface area contributed by atoms with Crippen LogP contribution in [0.1, 0.15) is 6.42 Å². The molecule has 0 saturated carbocycles. The average Bonchev–Trinajstić information content (AvgIpc) is 2.86. The summed E-state index contributed by atoms with van der Waals surface area (Å²) in [6, 6.07) is -0.106. The molecule has 0 aromatic heterocycles. The van der Waals surface area contributed by atoms with E-state index in [9.17, 15) is 14.4 Å². The minimum absolute atomic E-state index is 0.206. The summed E-state index contributed by atoms with van der Waals surface area (Å²) in [5, 5.41) is 13.0. The van der Waals surface area contributed by atoms with Crippen LogP contribution in [0.3, 0.4) is 0 Å². The van der Waals surface area contributed by atoms with Gasteiger partial charge in [0.15, 0.2) is 0 Å². The van der Waals surface area contributed by atoms with Crippen LogP contribution in [0.4, 0.5) is 4.79 Å². The molecule has 0 aromatic rings. The molecule has 3 N–H and O–H groups in total. The molecule has 1 heterocycles. The number of hydrogen-bond acceptors (Lipinski definition) is 4. The van der Waals surface area contributed by atoms with E-state index in [0.29, 0.717) is 0 Å². The highest BCUT2D eigenvalue weighted by molar-refractivity contribution is 7.99. The maximum atomic E-state index is 11.7. The predicted molar refractivity (Wildman–Crippen MR) is 67.5 cm³/mol. The van der Waals surface area contributed by atoms with Crippen molar-refractivity contribution in [1.29, 1.82) is 0 Å². The third-order valence-corrected chi connectivity index (χ3v) is 3.76. The lowest BCUT2D eigenvalue weighted by atomic mass is 10.2. The van der Waals surface area contributed by atoms with E-state index in [0.717, 1.165) is 17.9 Å². The molecule has 102 valence electrons. The van der Waals surface area contributed by atoms with Gasteiger partial charge in [0.25, 0.3) is 0 Å². The number of amides is 3. The summed E-state index contributed by atoms with van der Waals surface area (Å²) in [4.78, 5) is 34.7. The Morgan fingerprint density at radius 1 is 1.33 bits per heavy atom. The zero-order valence-electron chi connectivity index (χ0n) is 10.1. The van der Waals surface area contributed by atoms with Gasteiger partial charge in [0, 0.05) is 18.8 Å². The van der Waals surface area contributed by atoms with Crippen molar-refractivity contribution in [2.45, 2.75) is 12.5 Å². The number of nitrogens with one attached hydrogen (secondary N) is 2. The Hall–Kier alpha value is -1.44. The molecule has 8 heteroatoms. The van der Waals surface area contributed by atoms with Crippen molar-refractivity contribution in [3.8, 4) is 0 Å². The van der Waals surface area contributed by atoms with Crippen LogP contribution in [-0.4, -0.2) is 65.6 Å². The van der Waals surface area contributed by atoms with E-state index >= 15 is 0 Å². The summed E-state index contributed by atoms with van der Waals surface area (Å²) in [5.41, 5.74) is 0. The highest BCUT2D eigenvalue weighted by Crippen LogP contribution is 2.21. The molecule has 1 fully saturated rings. The molecule has 0 radical (unpaired) electrons. The first-order chi connectivity index (χ1) is 8.50. The first-order valence-corrected chi connectivity index (χ1v) is 6.73. The fourth-order valence-corrected chi connectivity index (χ4v) is 2.78. The third kappa shape index (κ3) is 4.82. The second kappa shape index (κ2) is 7.10. The number of carbonyl (C=O) groups is 3. The number of urea groups is 1. The number of nitrogens with zero attached hydrogens (tertiary/aromatic N) is 1. The largest absolute Gasteiger partial charge is 0.480 e. The zero-order valence-corrected chi connectivity index (χ0v) is 11.0. The zero-order chi connectivity index (χ0) is 13.5. The summed E-state index contributed by atoms with van der Waals surface area (Å²) in [5.74, 6) is 0.325. The van der Waals surface area contributed by atoms with E-state index < -0.39 is 18.4 Å². The van der Waals surface area contributed by atoms with Crippen molar-refractivity contribution >= 4 is 29.7 Å². The number of rotatable bonds is 5. The Balaban J connectivity index is 2.23. The van der Waals surface area contributed by atoms with Gasteiger partial charge in [-0.1, -0.05) is 0 Å². The van der Waals surface area contributed by atoms with Crippen LogP contribution in [0, 0.1) is 0 Å². The van der Waals surface area contributed by atoms with Crippen LogP contribution >= 0.6 is 11.8 Å². The molecule has 0 spiro atoms. The fourth-order valence-electron chi connectivity index (χ4n) is 1.51. The molecule has 1 rings (SSSR count). The highest BCUT2D eigenvalue weighted by Gasteiger charge is 2.23. The molecule has 0 bridgehead atoms. The van der Waals surface area contributed by atoms with E-state index in [4.69, 9.17) is 5.11 Å². The topological polar surface area (TPSA) is 98.7 Å². The number of thioether (sulfide) groups is 1. The molecule has 7 nitrogen and oxygen atoms in total. The molecule has 0 aliphatic carbocycles. The molecule has 1 atom stereocenters. The number of carboxylic acid groups (broad SMARTS) is 1. The van der Waals surface area contributed by atoms with Crippen LogP contribution in [0.15, 0.2) is 0 Å². The van der Waals surface area contributed by atoms with Crippen LogP contribution in [-0.2, 0) is 9.59 Å². The molecule has 18 heavy (non-hydrogen) atoms. The van der Waals surface area contributed by atoms with Crippen LogP contribution in [0.2, 0.25) is 0 Å². The van der Waals surface area contributed by atoms with Gasteiger partial charge < -0.3 is 20.6 Å². The van der Waals surface area contributed by atoms with Gasteiger partial charge in [-0.25, -0.2) is 4.79 Å². The van der Waals surface area contributed by atoms with Crippen molar-refractivity contribution in [2.75, 3.05) is 31.6 Å². The molecule has 0 aromatic carbocycles. The molecule has 3 amide bonds. The van der Waals surface area contributed by atoms with Crippen molar-refractivity contribution in [3.05, 3.63) is 0 Å². The smallest absolute Gasteiger partial charge is 0.322 e. The average molecular weight is 275 g/mol. The Kier molecular flexibility index (Phi) is 5.76. The van der Waals surface area contributed by atoms with Gasteiger partial charge in [-0.3, -0.25) is 9.59 Å². The standard InChI is InChI=1S/C10H17N3O4S/c1-13(7-2-3-18-6-7)10(17)12-4-8(14)11-5-9(15)16/h7H,2-6H2,1H3,(H,11,14)(H,12,17)(H,15,16). The van der Waals surface area contributed by atoms with Crippen molar-refractivity contribution in [3.63, 3.8) is 0 Å². The first kappa shape index (κ1) is 14.6. The second-order valence-corrected chi connectivity index (χ2v) is 5.11. The monoisotopic (exact) mass is 275 g/mol. The lowest BCUT2D eigenvalue weighted by Crippen LogP contribution is -2.47. The maximum absolute atomic E-state index is 11.7. The Labute approximate surface area is 109 Å². The molecule has 1 saturated heterocycles. The highest BCUT2D eigenvalue weighted by atomic mass is 32.2. The SMILES string of the molecule is CN(C(=O)NCC(=O)NCC(=O)O)C1CCSC1. The van der Waals surface area contributed by atoms with Crippen LogP contribution < -0.4 is 10.6 Å². The number of aliphatic carboxylic acids is 1. The van der Waals surface area contributed by atoms with Gasteiger partial charge in [-0.15, -0.1) is 0 Å². The Morgan fingerprint density at radius 2 is 2.06 bits per heavy atom. The van der Waals surface area contributed by atoms with Crippen LogP contribution in [0.25, 0.3) is 0 Å². The van der Waals surface area contributed by atoms with E-state index in [1.54, 1.807) is 23.7 Å². The number of carbonyl (C=O) groups excluding carboxylic acids is 2. The van der Waals surface area contributed by atoms with E-state index in [-0.39, 0.29) is 18.6 Å². The predicted octanol–water partition coefficient (Wildman–Crippen LogP) is -0.666. The second-order valence-electron chi connectivity index (χ2n) is 3.96. The van der Waals surface area contributed by atoms with Crippen LogP contribution in [0.5, 0.6) is 0 Å². The van der Waals surface area contributed by atoms with Crippen molar-refractivity contribution in [1.82, 2.24) is 15.5 Å².